The van der Waals surface area contributed by atoms with Crippen LogP contribution >= 0.6 is 0 Å². The van der Waals surface area contributed by atoms with Crippen LogP contribution in [0.4, 0.5) is 5.69 Å². The van der Waals surface area contributed by atoms with Crippen molar-refractivity contribution < 1.29 is 14.3 Å². The number of ether oxygens (including phenoxy) is 2. The number of nitrogen functional groups attached to an aromatic ring is 1. The number of carbonyl (C=O) groups is 1. The number of hydrogen-bond acceptors (Lipinski definition) is 5. The van der Waals surface area contributed by atoms with E-state index in [1.54, 1.807) is 31.2 Å². The zero-order valence-electron chi connectivity index (χ0n) is 12.7. The van der Waals surface area contributed by atoms with Gasteiger partial charge in [-0.2, -0.15) is 0 Å². The SMILES string of the molecule is COc1ccc(OCCN(C)C(=O)c2ccc(N)cn2)cc1. The van der Waals surface area contributed by atoms with Gasteiger partial charge in [0.1, 0.15) is 23.8 Å². The molecular formula is C16H19N3O3. The predicted molar refractivity (Wildman–Crippen MR) is 84.1 cm³/mol. The predicted octanol–water partition coefficient (Wildman–Crippen LogP) is 1.82. The molecule has 0 aliphatic rings. The van der Waals surface area contributed by atoms with E-state index in [2.05, 4.69) is 4.98 Å². The first kappa shape index (κ1) is 15.6. The molecule has 1 heterocycles. The first-order chi connectivity index (χ1) is 10.6. The van der Waals surface area contributed by atoms with Gasteiger partial charge < -0.3 is 20.1 Å². The van der Waals surface area contributed by atoms with E-state index in [0.29, 0.717) is 24.5 Å². The number of likely N-dealkylation sites (N-methyl/N-ethyl adjacent to an activating group) is 1. The fourth-order valence-electron chi connectivity index (χ4n) is 1.80. The minimum Gasteiger partial charge on any atom is -0.497 e. The summed E-state index contributed by atoms with van der Waals surface area (Å²) in [7, 11) is 3.32. The number of methoxy groups -OCH3 is 1. The van der Waals surface area contributed by atoms with Crippen molar-refractivity contribution in [3.8, 4) is 11.5 Å². The van der Waals surface area contributed by atoms with E-state index in [4.69, 9.17) is 15.2 Å². The average Bonchev–Trinajstić information content (AvgIpc) is 2.55. The van der Waals surface area contributed by atoms with Gasteiger partial charge in [-0.15, -0.1) is 0 Å². The van der Waals surface area contributed by atoms with E-state index in [9.17, 15) is 4.79 Å². The smallest absolute Gasteiger partial charge is 0.272 e. The van der Waals surface area contributed by atoms with Gasteiger partial charge in [0, 0.05) is 7.05 Å². The lowest BCUT2D eigenvalue weighted by Crippen LogP contribution is -2.31. The summed E-state index contributed by atoms with van der Waals surface area (Å²) in [4.78, 5) is 17.7. The van der Waals surface area contributed by atoms with Gasteiger partial charge in [0.05, 0.1) is 25.5 Å². The minimum absolute atomic E-state index is 0.168. The van der Waals surface area contributed by atoms with Crippen molar-refractivity contribution in [2.24, 2.45) is 0 Å². The number of nitrogens with zero attached hydrogens (tertiary/aromatic N) is 2. The molecule has 0 aliphatic carbocycles. The molecular weight excluding hydrogens is 282 g/mol. The highest BCUT2D eigenvalue weighted by Gasteiger charge is 2.12. The first-order valence-corrected chi connectivity index (χ1v) is 6.84. The molecule has 2 aromatic rings. The Kier molecular flexibility index (Phi) is 5.19. The van der Waals surface area contributed by atoms with Gasteiger partial charge >= 0.3 is 0 Å². The van der Waals surface area contributed by atoms with E-state index in [0.717, 1.165) is 11.5 Å². The zero-order chi connectivity index (χ0) is 15.9. The summed E-state index contributed by atoms with van der Waals surface area (Å²) >= 11 is 0. The Bertz CT molecular complexity index is 612. The minimum atomic E-state index is -0.168. The van der Waals surface area contributed by atoms with Gasteiger partial charge in [-0.05, 0) is 36.4 Å². The lowest BCUT2D eigenvalue weighted by molar-refractivity contribution is 0.0768. The molecule has 0 radical (unpaired) electrons. The number of hydrogen-bond donors (Lipinski definition) is 1. The Morgan fingerprint density at radius 3 is 2.45 bits per heavy atom. The molecule has 22 heavy (non-hydrogen) atoms. The van der Waals surface area contributed by atoms with Crippen molar-refractivity contribution >= 4 is 11.6 Å². The van der Waals surface area contributed by atoms with Crippen LogP contribution < -0.4 is 15.2 Å². The van der Waals surface area contributed by atoms with Gasteiger partial charge in [0.15, 0.2) is 0 Å². The molecule has 0 saturated carbocycles. The maximum atomic E-state index is 12.1. The molecule has 0 spiro atoms. The highest BCUT2D eigenvalue weighted by Crippen LogP contribution is 2.16. The fraction of sp³-hybridized carbons (Fsp3) is 0.250. The monoisotopic (exact) mass is 301 g/mol. The van der Waals surface area contributed by atoms with E-state index < -0.39 is 0 Å². The van der Waals surface area contributed by atoms with Crippen LogP contribution in [0.3, 0.4) is 0 Å². The summed E-state index contributed by atoms with van der Waals surface area (Å²) in [6, 6.07) is 10.6. The van der Waals surface area contributed by atoms with Crippen molar-refractivity contribution in [2.45, 2.75) is 0 Å². The summed E-state index contributed by atoms with van der Waals surface area (Å²) in [6.45, 7) is 0.848. The fourth-order valence-corrected chi connectivity index (χ4v) is 1.80. The van der Waals surface area contributed by atoms with E-state index in [1.807, 2.05) is 24.3 Å². The molecule has 2 N–H and O–H groups in total. The van der Waals surface area contributed by atoms with Crippen LogP contribution in [-0.2, 0) is 0 Å². The molecule has 6 heteroatoms. The second kappa shape index (κ2) is 7.31. The van der Waals surface area contributed by atoms with Gasteiger partial charge in [0.25, 0.3) is 5.91 Å². The third-order valence-corrected chi connectivity index (χ3v) is 3.11. The molecule has 0 aliphatic heterocycles. The van der Waals surface area contributed by atoms with E-state index in [1.165, 1.54) is 6.20 Å². The Hall–Kier alpha value is -2.76. The van der Waals surface area contributed by atoms with Crippen molar-refractivity contribution in [3.05, 3.63) is 48.3 Å². The van der Waals surface area contributed by atoms with Crippen LogP contribution in [0.1, 0.15) is 10.5 Å². The quantitative estimate of drug-likeness (QED) is 0.880. The Morgan fingerprint density at radius 2 is 1.86 bits per heavy atom. The van der Waals surface area contributed by atoms with Crippen LogP contribution in [0.2, 0.25) is 0 Å². The molecule has 1 amide bonds. The lowest BCUT2D eigenvalue weighted by Gasteiger charge is -2.17. The van der Waals surface area contributed by atoms with Gasteiger partial charge in [0.2, 0.25) is 0 Å². The van der Waals surface area contributed by atoms with Crippen LogP contribution in [0.5, 0.6) is 11.5 Å². The molecule has 1 aromatic carbocycles. The first-order valence-electron chi connectivity index (χ1n) is 6.84. The summed E-state index contributed by atoms with van der Waals surface area (Å²) < 4.78 is 10.7. The van der Waals surface area contributed by atoms with E-state index >= 15 is 0 Å². The molecule has 0 unspecified atom stereocenters. The maximum absolute atomic E-state index is 12.1. The normalized spacial score (nSPS) is 10.1. The van der Waals surface area contributed by atoms with Crippen molar-refractivity contribution in [1.29, 1.82) is 0 Å². The number of anilines is 1. The standard InChI is InChI=1S/C16H19N3O3/c1-19(16(20)15-8-3-12(17)11-18-15)9-10-22-14-6-4-13(21-2)5-7-14/h3-8,11H,9-10,17H2,1-2H3. The number of rotatable bonds is 6. The van der Waals surface area contributed by atoms with E-state index in [-0.39, 0.29) is 5.91 Å². The second-order valence-electron chi connectivity index (χ2n) is 4.73. The molecule has 0 atom stereocenters. The van der Waals surface area contributed by atoms with Crippen LogP contribution in [-0.4, -0.2) is 43.1 Å². The molecule has 2 rings (SSSR count). The second-order valence-corrected chi connectivity index (χ2v) is 4.73. The third-order valence-electron chi connectivity index (χ3n) is 3.11. The molecule has 0 bridgehead atoms. The number of pyridine rings is 1. The summed E-state index contributed by atoms with van der Waals surface area (Å²) in [5.41, 5.74) is 6.44. The highest BCUT2D eigenvalue weighted by atomic mass is 16.5. The molecule has 0 saturated heterocycles. The number of amides is 1. The van der Waals surface area contributed by atoms with Crippen LogP contribution in [0, 0.1) is 0 Å². The van der Waals surface area contributed by atoms with Crippen LogP contribution in [0.25, 0.3) is 0 Å². The number of benzene rings is 1. The summed E-state index contributed by atoms with van der Waals surface area (Å²) in [6.07, 6.45) is 1.47. The van der Waals surface area contributed by atoms with Crippen molar-refractivity contribution in [2.75, 3.05) is 33.0 Å². The van der Waals surface area contributed by atoms with Gasteiger partial charge in [-0.1, -0.05) is 0 Å². The summed E-state index contributed by atoms with van der Waals surface area (Å²) in [5.74, 6) is 1.33. The van der Waals surface area contributed by atoms with Gasteiger partial charge in [-0.3, -0.25) is 4.79 Å². The van der Waals surface area contributed by atoms with Crippen molar-refractivity contribution in [1.82, 2.24) is 9.88 Å². The third kappa shape index (κ3) is 4.12. The van der Waals surface area contributed by atoms with Crippen LogP contribution in [0.15, 0.2) is 42.6 Å². The average molecular weight is 301 g/mol. The number of nitrogens with two attached hydrogens (primary N) is 1. The summed E-state index contributed by atoms with van der Waals surface area (Å²) in [5, 5.41) is 0. The Balaban J connectivity index is 1.82. The highest BCUT2D eigenvalue weighted by molar-refractivity contribution is 5.92. The molecule has 6 nitrogen and oxygen atoms in total. The topological polar surface area (TPSA) is 77.7 Å². The Morgan fingerprint density at radius 1 is 1.18 bits per heavy atom. The Labute approximate surface area is 129 Å². The maximum Gasteiger partial charge on any atom is 0.272 e. The van der Waals surface area contributed by atoms with Gasteiger partial charge in [-0.25, -0.2) is 4.98 Å². The lowest BCUT2D eigenvalue weighted by atomic mass is 10.3. The zero-order valence-corrected chi connectivity index (χ0v) is 12.7. The molecule has 0 fully saturated rings. The number of carbonyl (C=O) groups excluding carboxylic acids is 1. The molecule has 1 aromatic heterocycles. The number of aromatic nitrogens is 1. The largest absolute Gasteiger partial charge is 0.497 e. The molecule has 116 valence electrons. The van der Waals surface area contributed by atoms with Crippen molar-refractivity contribution in [3.63, 3.8) is 0 Å².